The summed E-state index contributed by atoms with van der Waals surface area (Å²) < 4.78 is 3.44. The van der Waals surface area contributed by atoms with Crippen LogP contribution in [-0.4, -0.2) is 32.4 Å². The van der Waals surface area contributed by atoms with E-state index in [1.165, 1.54) is 0 Å². The molecule has 3 aromatic rings. The van der Waals surface area contributed by atoms with Crippen molar-refractivity contribution in [1.82, 2.24) is 19.3 Å². The zero-order chi connectivity index (χ0) is 16.7. The number of hydrogen-bond donors (Lipinski definition) is 0. The van der Waals surface area contributed by atoms with Gasteiger partial charge in [-0.2, -0.15) is 10.4 Å². The molecule has 1 unspecified atom stereocenters. The molecule has 0 aliphatic carbocycles. The van der Waals surface area contributed by atoms with Crippen molar-refractivity contribution in [1.29, 1.82) is 5.26 Å². The summed E-state index contributed by atoms with van der Waals surface area (Å²) in [6.45, 7) is 1.51. The molecule has 2 aromatic heterocycles. The van der Waals surface area contributed by atoms with Crippen molar-refractivity contribution >= 4 is 16.9 Å². The monoisotopic (exact) mass is 320 g/mol. The highest BCUT2D eigenvalue weighted by atomic mass is 16.1. The van der Waals surface area contributed by atoms with E-state index in [9.17, 15) is 4.79 Å². The SMILES string of the molecule is Cn1c(N2CCC(n3cc(C#N)cn3)C2)nc2ccccc2c1=O. The van der Waals surface area contributed by atoms with Gasteiger partial charge >= 0.3 is 0 Å². The van der Waals surface area contributed by atoms with E-state index < -0.39 is 0 Å². The van der Waals surface area contributed by atoms with Crippen LogP contribution in [0.4, 0.5) is 5.95 Å². The standard InChI is InChI=1S/C17H16N6O/c1-21-16(24)14-4-2-3-5-15(14)20-17(21)22-7-6-13(11-22)23-10-12(8-18)9-19-23/h2-5,9-10,13H,6-7,11H2,1H3. The number of rotatable bonds is 2. The van der Waals surface area contributed by atoms with E-state index in [-0.39, 0.29) is 11.6 Å². The summed E-state index contributed by atoms with van der Waals surface area (Å²) in [5.41, 5.74) is 1.24. The lowest BCUT2D eigenvalue weighted by molar-refractivity contribution is 0.494. The minimum atomic E-state index is -0.0371. The molecule has 0 bridgehead atoms. The summed E-state index contributed by atoms with van der Waals surface area (Å²) >= 11 is 0. The Kier molecular flexibility index (Phi) is 3.31. The molecule has 120 valence electrons. The maximum atomic E-state index is 12.5. The van der Waals surface area contributed by atoms with Crippen LogP contribution in [0.5, 0.6) is 0 Å². The van der Waals surface area contributed by atoms with Crippen LogP contribution in [0.15, 0.2) is 41.5 Å². The highest BCUT2D eigenvalue weighted by Gasteiger charge is 2.27. The van der Waals surface area contributed by atoms with E-state index in [1.807, 2.05) is 22.9 Å². The molecule has 0 spiro atoms. The molecule has 1 atom stereocenters. The van der Waals surface area contributed by atoms with Crippen molar-refractivity contribution in [3.8, 4) is 6.07 Å². The number of nitriles is 1. The molecule has 1 aliphatic heterocycles. The van der Waals surface area contributed by atoms with E-state index in [0.717, 1.165) is 13.0 Å². The van der Waals surface area contributed by atoms with Crippen LogP contribution in [0.3, 0.4) is 0 Å². The normalized spacial score (nSPS) is 17.3. The maximum Gasteiger partial charge on any atom is 0.262 e. The van der Waals surface area contributed by atoms with Gasteiger partial charge in [-0.3, -0.25) is 14.0 Å². The molecule has 4 rings (SSSR count). The first-order valence-corrected chi connectivity index (χ1v) is 7.82. The number of fused-ring (bicyclic) bond motifs is 1. The van der Waals surface area contributed by atoms with Crippen LogP contribution >= 0.6 is 0 Å². The Morgan fingerprint density at radius 3 is 2.96 bits per heavy atom. The van der Waals surface area contributed by atoms with E-state index in [4.69, 9.17) is 5.26 Å². The summed E-state index contributed by atoms with van der Waals surface area (Å²) in [4.78, 5) is 19.3. The van der Waals surface area contributed by atoms with Gasteiger partial charge in [-0.15, -0.1) is 0 Å². The summed E-state index contributed by atoms with van der Waals surface area (Å²) in [6.07, 6.45) is 4.24. The second-order valence-electron chi connectivity index (χ2n) is 6.00. The van der Waals surface area contributed by atoms with E-state index in [0.29, 0.717) is 29.0 Å². The number of anilines is 1. The van der Waals surface area contributed by atoms with Crippen molar-refractivity contribution in [2.45, 2.75) is 12.5 Å². The quantitative estimate of drug-likeness (QED) is 0.714. The van der Waals surface area contributed by atoms with Gasteiger partial charge in [0.1, 0.15) is 6.07 Å². The van der Waals surface area contributed by atoms with Crippen molar-refractivity contribution in [3.05, 3.63) is 52.6 Å². The molecule has 24 heavy (non-hydrogen) atoms. The van der Waals surface area contributed by atoms with E-state index >= 15 is 0 Å². The molecule has 3 heterocycles. The summed E-state index contributed by atoms with van der Waals surface area (Å²) in [7, 11) is 1.76. The first kappa shape index (κ1) is 14.5. The molecule has 0 radical (unpaired) electrons. The Bertz CT molecular complexity index is 1010. The average Bonchev–Trinajstić information content (AvgIpc) is 3.27. The second kappa shape index (κ2) is 5.49. The molecule has 0 amide bonds. The topological polar surface area (TPSA) is 79.7 Å². The average molecular weight is 320 g/mol. The zero-order valence-electron chi connectivity index (χ0n) is 13.3. The van der Waals surface area contributed by atoms with Gasteiger partial charge in [0.2, 0.25) is 5.95 Å². The Labute approximate surface area is 138 Å². The molecular formula is C17H16N6O. The molecule has 1 aromatic carbocycles. The van der Waals surface area contributed by atoms with Gasteiger partial charge in [0.25, 0.3) is 5.56 Å². The van der Waals surface area contributed by atoms with Gasteiger partial charge in [0, 0.05) is 26.3 Å². The first-order chi connectivity index (χ1) is 11.7. The molecule has 7 heteroatoms. The molecule has 1 aliphatic rings. The summed E-state index contributed by atoms with van der Waals surface area (Å²) in [6, 6.07) is 9.67. The zero-order valence-corrected chi connectivity index (χ0v) is 13.3. The lowest BCUT2D eigenvalue weighted by Gasteiger charge is -2.20. The molecule has 7 nitrogen and oxygen atoms in total. The molecule has 1 saturated heterocycles. The predicted molar refractivity (Wildman–Crippen MR) is 89.8 cm³/mol. The Hall–Kier alpha value is -3.14. The number of para-hydroxylation sites is 1. The van der Waals surface area contributed by atoms with Crippen LogP contribution in [-0.2, 0) is 7.05 Å². The summed E-state index contributed by atoms with van der Waals surface area (Å²) in [5.74, 6) is 0.675. The summed E-state index contributed by atoms with van der Waals surface area (Å²) in [5, 5.41) is 13.8. The van der Waals surface area contributed by atoms with Crippen LogP contribution in [0, 0.1) is 11.3 Å². The predicted octanol–water partition coefficient (Wildman–Crippen LogP) is 1.45. The Morgan fingerprint density at radius 2 is 2.17 bits per heavy atom. The second-order valence-corrected chi connectivity index (χ2v) is 6.00. The molecule has 0 N–H and O–H groups in total. The van der Waals surface area contributed by atoms with Gasteiger partial charge in [0.15, 0.2) is 0 Å². The molecule has 0 saturated carbocycles. The fraction of sp³-hybridized carbons (Fsp3) is 0.294. The smallest absolute Gasteiger partial charge is 0.262 e. The third kappa shape index (κ3) is 2.24. The van der Waals surface area contributed by atoms with Gasteiger partial charge in [0.05, 0.1) is 28.7 Å². The number of nitrogens with zero attached hydrogens (tertiary/aromatic N) is 6. The number of benzene rings is 1. The van der Waals surface area contributed by atoms with Crippen LogP contribution in [0.1, 0.15) is 18.0 Å². The van der Waals surface area contributed by atoms with Crippen LogP contribution in [0.2, 0.25) is 0 Å². The van der Waals surface area contributed by atoms with Gasteiger partial charge in [-0.05, 0) is 18.6 Å². The van der Waals surface area contributed by atoms with Gasteiger partial charge in [-0.1, -0.05) is 12.1 Å². The number of aromatic nitrogens is 4. The fourth-order valence-corrected chi connectivity index (χ4v) is 3.22. The third-order valence-corrected chi connectivity index (χ3v) is 4.51. The van der Waals surface area contributed by atoms with Crippen molar-refractivity contribution in [2.75, 3.05) is 18.0 Å². The number of hydrogen-bond acceptors (Lipinski definition) is 5. The van der Waals surface area contributed by atoms with E-state index in [2.05, 4.69) is 21.1 Å². The lowest BCUT2D eigenvalue weighted by Crippen LogP contribution is -2.30. The minimum Gasteiger partial charge on any atom is -0.340 e. The Morgan fingerprint density at radius 1 is 1.33 bits per heavy atom. The third-order valence-electron chi connectivity index (χ3n) is 4.51. The highest BCUT2D eigenvalue weighted by Crippen LogP contribution is 2.25. The largest absolute Gasteiger partial charge is 0.340 e. The van der Waals surface area contributed by atoms with Gasteiger partial charge < -0.3 is 4.90 Å². The first-order valence-electron chi connectivity index (χ1n) is 7.82. The minimum absolute atomic E-state index is 0.0371. The van der Waals surface area contributed by atoms with Crippen molar-refractivity contribution in [2.24, 2.45) is 7.05 Å². The molecule has 1 fully saturated rings. The maximum absolute atomic E-state index is 12.5. The van der Waals surface area contributed by atoms with Crippen LogP contribution < -0.4 is 10.5 Å². The lowest BCUT2D eigenvalue weighted by atomic mass is 10.2. The van der Waals surface area contributed by atoms with Gasteiger partial charge in [-0.25, -0.2) is 4.98 Å². The molecular weight excluding hydrogens is 304 g/mol. The van der Waals surface area contributed by atoms with Crippen LogP contribution in [0.25, 0.3) is 10.9 Å². The highest BCUT2D eigenvalue weighted by molar-refractivity contribution is 5.78. The van der Waals surface area contributed by atoms with Crippen molar-refractivity contribution in [3.63, 3.8) is 0 Å². The Balaban J connectivity index is 1.68. The van der Waals surface area contributed by atoms with E-state index in [1.54, 1.807) is 30.1 Å². The fourth-order valence-electron chi connectivity index (χ4n) is 3.22. The van der Waals surface area contributed by atoms with Crippen molar-refractivity contribution < 1.29 is 0 Å².